The molecular weight excluding hydrogens is 989 g/mol. The highest BCUT2D eigenvalue weighted by molar-refractivity contribution is 7.87. The van der Waals surface area contributed by atoms with Crippen molar-refractivity contribution in [3.63, 3.8) is 0 Å². The maximum absolute atomic E-state index is 12.9. The largest absolute Gasteiger partial charge is 0.483 e. The summed E-state index contributed by atoms with van der Waals surface area (Å²) in [6, 6.07) is 5.19. The number of benzene rings is 4. The minimum atomic E-state index is -5.25. The zero-order valence-electron chi connectivity index (χ0n) is 34.2. The van der Waals surface area contributed by atoms with Crippen LogP contribution in [0.4, 0.5) is 0 Å². The zero-order chi connectivity index (χ0) is 50.7. The summed E-state index contributed by atoms with van der Waals surface area (Å²) in [5.41, 5.74) is 1.87. The lowest BCUT2D eigenvalue weighted by Gasteiger charge is -2.42. The summed E-state index contributed by atoms with van der Waals surface area (Å²) in [6.45, 7) is -4.04. The van der Waals surface area contributed by atoms with Gasteiger partial charge in [-0.15, -0.1) is 0 Å². The van der Waals surface area contributed by atoms with Crippen LogP contribution in [0, 0.1) is 0 Å². The van der Waals surface area contributed by atoms with Crippen LogP contribution in [0.2, 0.25) is 0 Å². The average Bonchev–Trinajstić information content (AvgIpc) is 3.26. The number of imide groups is 1. The van der Waals surface area contributed by atoms with Crippen LogP contribution in [0.1, 0.15) is 0 Å². The van der Waals surface area contributed by atoms with Gasteiger partial charge in [0, 0.05) is 38.4 Å². The van der Waals surface area contributed by atoms with Crippen molar-refractivity contribution in [1.82, 2.24) is 5.32 Å². The fraction of sp³-hybridized carbons (Fsp3) is 0.500. The van der Waals surface area contributed by atoms with Crippen LogP contribution in [-0.2, 0) is 58.9 Å². The molecule has 32 heteroatoms. The molecule has 0 aromatic heterocycles. The Bertz CT molecular complexity index is 2830. The molecule has 2 heterocycles. The molecule has 6 rings (SSSR count). The molecule has 2 aliphatic rings. The number of nitrogens with one attached hydrogen (secondary N) is 1. The molecule has 2 fully saturated rings. The van der Waals surface area contributed by atoms with E-state index in [1.165, 1.54) is 5.32 Å². The number of aliphatic hydroxyl groups excluding tert-OH is 10. The third-order valence-corrected chi connectivity index (χ3v) is 13.8. The smallest absolute Gasteiger partial charge is 0.295 e. The van der Waals surface area contributed by atoms with E-state index in [0.29, 0.717) is 12.1 Å². The first-order valence-corrected chi connectivity index (χ1v) is 23.7. The highest BCUT2D eigenvalue weighted by Crippen LogP contribution is 2.45. The molecule has 0 bridgehead atoms. The van der Waals surface area contributed by atoms with Crippen molar-refractivity contribution in [2.75, 3.05) is 26.4 Å². The average molecular weight is 1030 g/mol. The molecule has 378 valence electrons. The van der Waals surface area contributed by atoms with Crippen molar-refractivity contribution in [1.29, 1.82) is 0 Å². The van der Waals surface area contributed by atoms with Crippen LogP contribution in [0.3, 0.4) is 0 Å². The van der Waals surface area contributed by atoms with Gasteiger partial charge in [0.1, 0.15) is 87.6 Å². The standard InChI is InChI=1S/C36H44N2O27S3/c37-36(51,32(49)25(42)15(40)8-62-33-31(48)29(46)27(44)18(65-33)9-63-34-30(47)28(45)26(43)17(7-39)64-34)35(50)38-22(41)10-61-16-5-19(66(52,53)54)12-3-4-14-21(68(58,59)60)6-20(67(55,56)57)13-2-1-11(16)23(12)24(13)14/h1-6,15,17-18,25-34,39-40,42-49,51H,7-10,37H2,(H,38,41,50)(H,52,53,54)(H,55,56,57)(H,58,59,60)/t15-,17-,18-,25-,26-,27-,28+,29+,30-,31-,32+,33+,34+,36-/m1/s1. The third kappa shape index (κ3) is 10.4. The van der Waals surface area contributed by atoms with Gasteiger partial charge in [0.2, 0.25) is 5.72 Å². The normalized spacial score (nSPS) is 28.6. The number of rotatable bonds is 17. The van der Waals surface area contributed by atoms with Crippen molar-refractivity contribution < 1.29 is 128 Å². The van der Waals surface area contributed by atoms with Crippen molar-refractivity contribution in [2.45, 2.75) is 100 Å². The molecule has 4 aromatic carbocycles. The maximum atomic E-state index is 12.9. The van der Waals surface area contributed by atoms with Gasteiger partial charge < -0.3 is 79.9 Å². The second-order valence-electron chi connectivity index (χ2n) is 15.6. The van der Waals surface area contributed by atoms with E-state index in [2.05, 4.69) is 0 Å². The summed E-state index contributed by atoms with van der Waals surface area (Å²) >= 11 is 0. The summed E-state index contributed by atoms with van der Waals surface area (Å²) in [7, 11) is -15.7. The number of carbonyl (C=O) groups excluding carboxylic acids is 2. The first kappa shape index (κ1) is 53.3. The van der Waals surface area contributed by atoms with Gasteiger partial charge in [-0.25, -0.2) is 0 Å². The van der Waals surface area contributed by atoms with E-state index in [0.717, 1.165) is 24.3 Å². The molecule has 0 saturated carbocycles. The van der Waals surface area contributed by atoms with Crippen LogP contribution in [0.5, 0.6) is 5.75 Å². The number of carbonyl (C=O) groups is 2. The minimum absolute atomic E-state index is 0.211. The molecule has 29 nitrogen and oxygen atoms in total. The number of amides is 2. The molecule has 17 N–H and O–H groups in total. The van der Waals surface area contributed by atoms with Gasteiger partial charge in [-0.05, 0) is 12.1 Å². The van der Waals surface area contributed by atoms with Gasteiger partial charge in [0.05, 0.1) is 19.8 Å². The molecule has 2 saturated heterocycles. The van der Waals surface area contributed by atoms with Crippen LogP contribution in [-0.4, -0.2) is 219 Å². The van der Waals surface area contributed by atoms with E-state index < -0.39 is 191 Å². The summed E-state index contributed by atoms with van der Waals surface area (Å²) in [5.74, 6) is -4.09. The molecule has 0 unspecified atom stereocenters. The monoisotopic (exact) mass is 1030 g/mol. The number of nitrogens with two attached hydrogens (primary N) is 1. The molecule has 4 aromatic rings. The number of aliphatic hydroxyl groups is 11. The first-order chi connectivity index (χ1) is 31.4. The zero-order valence-corrected chi connectivity index (χ0v) is 36.6. The van der Waals surface area contributed by atoms with E-state index in [-0.39, 0.29) is 16.2 Å². The number of hydrogen-bond acceptors (Lipinski definition) is 25. The number of ether oxygens (including phenoxy) is 5. The molecule has 0 spiro atoms. The Morgan fingerprint density at radius 3 is 1.62 bits per heavy atom. The molecular formula is C36H44N2O27S3. The predicted octanol–water partition coefficient (Wildman–Crippen LogP) is -7.28. The van der Waals surface area contributed by atoms with E-state index in [1.807, 2.05) is 0 Å². The Morgan fingerprint density at radius 2 is 1.12 bits per heavy atom. The SMILES string of the molecule is N[C@](O)(C(=O)NC(=O)COc1cc(S(=O)(=O)O)c2ccc3c(S(=O)(=O)O)cc(S(=O)(=O)O)c4ccc1c2c43)[C@@H](O)[C@H](O)[C@H](O)CO[C@H]1O[C@H](CO[C@H]2O[C@H](CO)[C@@H](O)[C@H](O)[C@H]2O)[C@@H](O)[C@H](O)[C@H]1O. The summed E-state index contributed by atoms with van der Waals surface area (Å²) < 4.78 is 131. The van der Waals surface area contributed by atoms with Crippen molar-refractivity contribution in [3.05, 3.63) is 36.4 Å². The van der Waals surface area contributed by atoms with Crippen LogP contribution >= 0.6 is 0 Å². The van der Waals surface area contributed by atoms with Crippen LogP contribution in [0.25, 0.3) is 32.3 Å². The fourth-order valence-electron chi connectivity index (χ4n) is 7.52. The molecule has 68 heavy (non-hydrogen) atoms. The molecule has 14 atom stereocenters. The highest BCUT2D eigenvalue weighted by atomic mass is 32.2. The molecule has 2 amide bonds. The lowest BCUT2D eigenvalue weighted by molar-refractivity contribution is -0.333. The van der Waals surface area contributed by atoms with Crippen molar-refractivity contribution in [3.8, 4) is 5.75 Å². The van der Waals surface area contributed by atoms with E-state index in [1.54, 1.807) is 0 Å². The molecule has 0 aliphatic carbocycles. The summed E-state index contributed by atoms with van der Waals surface area (Å²) in [5, 5.41) is 113. The number of hydrogen-bond donors (Lipinski definition) is 16. The second kappa shape index (κ2) is 19.6. The highest BCUT2D eigenvalue weighted by Gasteiger charge is 2.49. The van der Waals surface area contributed by atoms with E-state index in [4.69, 9.17) is 29.4 Å². The predicted molar refractivity (Wildman–Crippen MR) is 218 cm³/mol. The molecule has 2 aliphatic heterocycles. The third-order valence-electron chi connectivity index (χ3n) is 11.1. The van der Waals surface area contributed by atoms with Gasteiger partial charge in [-0.1, -0.05) is 18.2 Å². The molecule has 0 radical (unpaired) electrons. The Labute approximate surface area is 381 Å². The summed E-state index contributed by atoms with van der Waals surface area (Å²) in [6.07, 6.45) is -26.1. The van der Waals surface area contributed by atoms with Gasteiger partial charge in [-0.2, -0.15) is 25.3 Å². The Hall–Kier alpha value is -4.05. The van der Waals surface area contributed by atoms with E-state index in [9.17, 15) is 105 Å². The van der Waals surface area contributed by atoms with Crippen LogP contribution in [0.15, 0.2) is 51.1 Å². The maximum Gasteiger partial charge on any atom is 0.295 e. The minimum Gasteiger partial charge on any atom is -0.483 e. The van der Waals surface area contributed by atoms with Gasteiger partial charge in [0.25, 0.3) is 42.2 Å². The fourth-order valence-corrected chi connectivity index (χ4v) is 9.72. The Balaban J connectivity index is 1.13. The van der Waals surface area contributed by atoms with Crippen molar-refractivity contribution in [2.24, 2.45) is 5.73 Å². The van der Waals surface area contributed by atoms with Crippen molar-refractivity contribution >= 4 is 74.5 Å². The van der Waals surface area contributed by atoms with E-state index >= 15 is 0 Å². The lowest BCUT2D eigenvalue weighted by atomic mass is 9.93. The van der Waals surface area contributed by atoms with Crippen LogP contribution < -0.4 is 15.8 Å². The first-order valence-electron chi connectivity index (χ1n) is 19.4. The van der Waals surface area contributed by atoms with Gasteiger partial charge >= 0.3 is 0 Å². The topological polar surface area (TPSA) is 504 Å². The quantitative estimate of drug-likeness (QED) is 0.0265. The second-order valence-corrected chi connectivity index (χ2v) is 19.8. The summed E-state index contributed by atoms with van der Waals surface area (Å²) in [4.78, 5) is 22.8. The lowest BCUT2D eigenvalue weighted by Crippen LogP contribution is -2.67. The van der Waals surface area contributed by atoms with Gasteiger partial charge in [-0.3, -0.25) is 34.3 Å². The Kier molecular flexibility index (Phi) is 15.4. The Morgan fingerprint density at radius 1 is 0.676 bits per heavy atom. The van der Waals surface area contributed by atoms with Gasteiger partial charge in [0.15, 0.2) is 19.2 Å².